The highest BCUT2D eigenvalue weighted by Gasteiger charge is 2.21. The summed E-state index contributed by atoms with van der Waals surface area (Å²) in [5.74, 6) is 0.758. The van der Waals surface area contributed by atoms with Crippen molar-refractivity contribution >= 4 is 0 Å². The van der Waals surface area contributed by atoms with Crippen LogP contribution in [0.4, 0.5) is 0 Å². The molecule has 0 fully saturated rings. The number of rotatable bonds is 5. The Balaban J connectivity index is 2.21. The standard InChI is InChI=1S/C18H23NO/c1-13(2)18(16-11-7-8-12-17(16)20)19-14(3)15-9-5-4-6-10-15/h4-14,18-20H,1-3H3/t14-,18+/m1/s1. The summed E-state index contributed by atoms with van der Waals surface area (Å²) in [7, 11) is 0. The molecule has 2 heteroatoms. The molecule has 2 N–H and O–H groups in total. The Kier molecular flexibility index (Phi) is 4.80. The number of phenols is 1. The molecule has 0 amide bonds. The Morgan fingerprint density at radius 1 is 0.850 bits per heavy atom. The topological polar surface area (TPSA) is 32.3 Å². The van der Waals surface area contributed by atoms with Gasteiger partial charge in [-0.25, -0.2) is 0 Å². The molecule has 0 saturated carbocycles. The van der Waals surface area contributed by atoms with Crippen molar-refractivity contribution in [3.05, 3.63) is 65.7 Å². The van der Waals surface area contributed by atoms with Gasteiger partial charge >= 0.3 is 0 Å². The van der Waals surface area contributed by atoms with Gasteiger partial charge in [-0.2, -0.15) is 0 Å². The molecule has 2 atom stereocenters. The highest BCUT2D eigenvalue weighted by atomic mass is 16.3. The first kappa shape index (κ1) is 14.6. The number of para-hydroxylation sites is 1. The summed E-state index contributed by atoms with van der Waals surface area (Å²) < 4.78 is 0. The Morgan fingerprint density at radius 2 is 1.45 bits per heavy atom. The molecular formula is C18H23NO. The van der Waals surface area contributed by atoms with Gasteiger partial charge in [-0.15, -0.1) is 0 Å². The minimum absolute atomic E-state index is 0.131. The fraction of sp³-hybridized carbons (Fsp3) is 0.333. The first-order chi connectivity index (χ1) is 9.59. The Hall–Kier alpha value is -1.80. The lowest BCUT2D eigenvalue weighted by atomic mass is 9.93. The lowest BCUT2D eigenvalue weighted by molar-refractivity contribution is 0.358. The average molecular weight is 269 g/mol. The van der Waals surface area contributed by atoms with E-state index in [1.54, 1.807) is 6.07 Å². The van der Waals surface area contributed by atoms with Crippen LogP contribution in [0.1, 0.15) is 44.0 Å². The predicted molar refractivity (Wildman–Crippen MR) is 83.7 cm³/mol. The van der Waals surface area contributed by atoms with Crippen molar-refractivity contribution in [2.24, 2.45) is 5.92 Å². The molecule has 0 aliphatic heterocycles. The quantitative estimate of drug-likeness (QED) is 0.841. The summed E-state index contributed by atoms with van der Waals surface area (Å²) in [5, 5.41) is 13.7. The van der Waals surface area contributed by atoms with Crippen LogP contribution in [-0.2, 0) is 0 Å². The van der Waals surface area contributed by atoms with Crippen molar-refractivity contribution < 1.29 is 5.11 Å². The van der Waals surface area contributed by atoms with Gasteiger partial charge in [0.05, 0.1) is 0 Å². The van der Waals surface area contributed by atoms with Crippen LogP contribution >= 0.6 is 0 Å². The predicted octanol–water partition coefficient (Wildman–Crippen LogP) is 4.44. The van der Waals surface area contributed by atoms with Crippen molar-refractivity contribution in [1.82, 2.24) is 5.32 Å². The molecular weight excluding hydrogens is 246 g/mol. The van der Waals surface area contributed by atoms with E-state index in [-0.39, 0.29) is 12.1 Å². The molecule has 0 heterocycles. The van der Waals surface area contributed by atoms with Gasteiger partial charge in [0.15, 0.2) is 0 Å². The van der Waals surface area contributed by atoms with Crippen molar-refractivity contribution in [3.63, 3.8) is 0 Å². The number of benzene rings is 2. The summed E-state index contributed by atoms with van der Waals surface area (Å²) in [5.41, 5.74) is 2.22. The lowest BCUT2D eigenvalue weighted by Gasteiger charge is -2.27. The van der Waals surface area contributed by atoms with Crippen LogP contribution in [0.15, 0.2) is 54.6 Å². The molecule has 0 radical (unpaired) electrons. The van der Waals surface area contributed by atoms with Crippen molar-refractivity contribution in [3.8, 4) is 5.75 Å². The second-order valence-corrected chi connectivity index (χ2v) is 5.58. The number of phenolic OH excluding ortho intramolecular Hbond substituents is 1. The maximum absolute atomic E-state index is 10.1. The Morgan fingerprint density at radius 3 is 2.05 bits per heavy atom. The van der Waals surface area contributed by atoms with Crippen LogP contribution in [-0.4, -0.2) is 5.11 Å². The van der Waals surface area contributed by atoms with Crippen LogP contribution in [0.5, 0.6) is 5.75 Å². The molecule has 106 valence electrons. The first-order valence-corrected chi connectivity index (χ1v) is 7.18. The highest BCUT2D eigenvalue weighted by molar-refractivity contribution is 5.35. The Labute approximate surface area is 121 Å². The molecule has 20 heavy (non-hydrogen) atoms. The van der Waals surface area contributed by atoms with Gasteiger partial charge in [0.2, 0.25) is 0 Å². The SMILES string of the molecule is CC(C)[C@H](N[C@H](C)c1ccccc1)c1ccccc1O. The molecule has 0 aliphatic rings. The van der Waals surface area contributed by atoms with E-state index in [1.807, 2.05) is 24.3 Å². The van der Waals surface area contributed by atoms with E-state index in [2.05, 4.69) is 50.4 Å². The number of nitrogens with one attached hydrogen (secondary N) is 1. The zero-order valence-electron chi connectivity index (χ0n) is 12.4. The molecule has 2 rings (SSSR count). The van der Waals surface area contributed by atoms with Crippen LogP contribution in [0.3, 0.4) is 0 Å². The fourth-order valence-electron chi connectivity index (χ4n) is 2.50. The van der Waals surface area contributed by atoms with Gasteiger partial charge in [0.25, 0.3) is 0 Å². The third kappa shape index (κ3) is 3.40. The van der Waals surface area contributed by atoms with E-state index >= 15 is 0 Å². The molecule has 0 saturated heterocycles. The van der Waals surface area contributed by atoms with Crippen molar-refractivity contribution in [2.45, 2.75) is 32.9 Å². The molecule has 0 aromatic heterocycles. The fourth-order valence-corrected chi connectivity index (χ4v) is 2.50. The average Bonchev–Trinajstić information content (AvgIpc) is 2.46. The third-order valence-corrected chi connectivity index (χ3v) is 3.67. The lowest BCUT2D eigenvalue weighted by Crippen LogP contribution is -2.28. The van der Waals surface area contributed by atoms with Crippen LogP contribution < -0.4 is 5.32 Å². The molecule has 2 nitrogen and oxygen atoms in total. The van der Waals surface area contributed by atoms with Gasteiger partial charge in [-0.3, -0.25) is 0 Å². The van der Waals surface area contributed by atoms with Gasteiger partial charge < -0.3 is 10.4 Å². The maximum atomic E-state index is 10.1. The Bertz CT molecular complexity index is 536. The number of aromatic hydroxyl groups is 1. The van der Waals surface area contributed by atoms with E-state index in [0.29, 0.717) is 11.7 Å². The molecule has 0 unspecified atom stereocenters. The summed E-state index contributed by atoms with van der Waals surface area (Å²) in [6, 6.07) is 18.3. The normalized spacial score (nSPS) is 14.2. The van der Waals surface area contributed by atoms with Crippen molar-refractivity contribution in [1.29, 1.82) is 0 Å². The van der Waals surface area contributed by atoms with E-state index in [0.717, 1.165) is 5.56 Å². The third-order valence-electron chi connectivity index (χ3n) is 3.67. The van der Waals surface area contributed by atoms with Crippen molar-refractivity contribution in [2.75, 3.05) is 0 Å². The van der Waals surface area contributed by atoms with E-state index < -0.39 is 0 Å². The minimum atomic E-state index is 0.131. The summed E-state index contributed by atoms with van der Waals surface area (Å²) in [4.78, 5) is 0. The minimum Gasteiger partial charge on any atom is -0.508 e. The second-order valence-electron chi connectivity index (χ2n) is 5.58. The molecule has 0 spiro atoms. The van der Waals surface area contributed by atoms with E-state index in [9.17, 15) is 5.11 Å². The molecule has 2 aromatic rings. The first-order valence-electron chi connectivity index (χ1n) is 7.18. The van der Waals surface area contributed by atoms with Gasteiger partial charge in [-0.1, -0.05) is 62.4 Å². The summed E-state index contributed by atoms with van der Waals surface area (Å²) >= 11 is 0. The maximum Gasteiger partial charge on any atom is 0.120 e. The molecule has 2 aromatic carbocycles. The van der Waals surface area contributed by atoms with Gasteiger partial charge in [-0.05, 0) is 24.5 Å². The number of hydrogen-bond donors (Lipinski definition) is 2. The van der Waals surface area contributed by atoms with E-state index in [4.69, 9.17) is 0 Å². The van der Waals surface area contributed by atoms with Gasteiger partial charge in [0.1, 0.15) is 5.75 Å². The smallest absolute Gasteiger partial charge is 0.120 e. The molecule has 0 bridgehead atoms. The number of hydrogen-bond acceptors (Lipinski definition) is 2. The highest BCUT2D eigenvalue weighted by Crippen LogP contribution is 2.31. The second kappa shape index (κ2) is 6.58. The van der Waals surface area contributed by atoms with Crippen LogP contribution in [0.25, 0.3) is 0 Å². The summed E-state index contributed by atoms with van der Waals surface area (Å²) in [6.45, 7) is 6.49. The monoisotopic (exact) mass is 269 g/mol. The summed E-state index contributed by atoms with van der Waals surface area (Å²) in [6.07, 6.45) is 0. The van der Waals surface area contributed by atoms with E-state index in [1.165, 1.54) is 5.56 Å². The molecule has 0 aliphatic carbocycles. The van der Waals surface area contributed by atoms with Crippen LogP contribution in [0, 0.1) is 5.92 Å². The largest absolute Gasteiger partial charge is 0.508 e. The van der Waals surface area contributed by atoms with Gasteiger partial charge in [0, 0.05) is 17.6 Å². The van der Waals surface area contributed by atoms with Crippen LogP contribution in [0.2, 0.25) is 0 Å². The zero-order valence-corrected chi connectivity index (χ0v) is 12.4. The zero-order chi connectivity index (χ0) is 14.5.